The lowest BCUT2D eigenvalue weighted by molar-refractivity contribution is 0.413. The van der Waals surface area contributed by atoms with Gasteiger partial charge in [-0.3, -0.25) is 4.90 Å². The molecule has 0 unspecified atom stereocenters. The van der Waals surface area contributed by atoms with Crippen molar-refractivity contribution in [2.24, 2.45) is 0 Å². The molecule has 2 heteroatoms. The highest BCUT2D eigenvalue weighted by Crippen LogP contribution is 1.98. The number of benzene rings is 1. The Labute approximate surface area is 97.9 Å². The second-order valence-electron chi connectivity index (χ2n) is 3.59. The Morgan fingerprint density at radius 2 is 1.56 bits per heavy atom. The fourth-order valence-corrected chi connectivity index (χ4v) is 1.05. The molecule has 1 nitrogen and oxygen atoms in total. The van der Waals surface area contributed by atoms with Crippen molar-refractivity contribution in [3.8, 4) is 0 Å². The summed E-state index contributed by atoms with van der Waals surface area (Å²) in [5.74, 6) is -0.171. The van der Waals surface area contributed by atoms with Crippen molar-refractivity contribution in [2.75, 3.05) is 20.1 Å². The maximum Gasteiger partial charge on any atom is 0.123 e. The van der Waals surface area contributed by atoms with Crippen molar-refractivity contribution in [3.05, 3.63) is 61.0 Å². The third kappa shape index (κ3) is 7.94. The van der Waals surface area contributed by atoms with Crippen LogP contribution in [0.3, 0.4) is 0 Å². The van der Waals surface area contributed by atoms with E-state index in [0.717, 1.165) is 18.7 Å². The van der Waals surface area contributed by atoms with E-state index in [1.54, 1.807) is 12.1 Å². The molecule has 0 bridgehead atoms. The monoisotopic (exact) mass is 221 g/mol. The molecule has 0 amide bonds. The molecule has 1 rings (SSSR count). The third-order valence-corrected chi connectivity index (χ3v) is 1.89. The Kier molecular flexibility index (Phi) is 8.08. The van der Waals surface area contributed by atoms with Crippen LogP contribution < -0.4 is 0 Å². The molecule has 0 saturated heterocycles. The first-order valence-corrected chi connectivity index (χ1v) is 5.22. The van der Waals surface area contributed by atoms with E-state index >= 15 is 0 Å². The Balaban J connectivity index is 0.000000281. The van der Waals surface area contributed by atoms with Gasteiger partial charge in [-0.1, -0.05) is 29.8 Å². The zero-order chi connectivity index (χ0) is 12.4. The Bertz CT molecular complexity index is 272. The van der Waals surface area contributed by atoms with Gasteiger partial charge in [0.25, 0.3) is 0 Å². The van der Waals surface area contributed by atoms with E-state index in [9.17, 15) is 4.39 Å². The SMILES string of the molecule is C=CCN(C)CC=C.Cc1ccc(F)cc1. The van der Waals surface area contributed by atoms with E-state index in [1.807, 2.05) is 26.1 Å². The van der Waals surface area contributed by atoms with Crippen LogP contribution in [0.1, 0.15) is 5.56 Å². The predicted octanol–water partition coefficient (Wildman–Crippen LogP) is 3.42. The summed E-state index contributed by atoms with van der Waals surface area (Å²) in [6.45, 7) is 11.0. The minimum Gasteiger partial charge on any atom is -0.299 e. The number of rotatable bonds is 4. The fourth-order valence-electron chi connectivity index (χ4n) is 1.05. The Morgan fingerprint density at radius 3 is 1.88 bits per heavy atom. The predicted molar refractivity (Wildman–Crippen MR) is 69.0 cm³/mol. The highest BCUT2D eigenvalue weighted by molar-refractivity contribution is 5.13. The molecule has 0 aliphatic carbocycles. The minimum absolute atomic E-state index is 0.171. The summed E-state index contributed by atoms with van der Waals surface area (Å²) in [5.41, 5.74) is 1.09. The van der Waals surface area contributed by atoms with Gasteiger partial charge in [0, 0.05) is 13.1 Å². The van der Waals surface area contributed by atoms with Crippen molar-refractivity contribution >= 4 is 0 Å². The maximum atomic E-state index is 12.1. The average Bonchev–Trinajstić information content (AvgIpc) is 2.24. The molecule has 0 spiro atoms. The van der Waals surface area contributed by atoms with Gasteiger partial charge in [0.15, 0.2) is 0 Å². The molecular weight excluding hydrogens is 201 g/mol. The molecule has 0 radical (unpaired) electrons. The molecule has 0 aliphatic rings. The van der Waals surface area contributed by atoms with Crippen LogP contribution in [0.25, 0.3) is 0 Å². The summed E-state index contributed by atoms with van der Waals surface area (Å²) >= 11 is 0. The maximum absolute atomic E-state index is 12.1. The van der Waals surface area contributed by atoms with Crippen LogP contribution in [0.5, 0.6) is 0 Å². The second-order valence-corrected chi connectivity index (χ2v) is 3.59. The molecule has 0 fully saturated rings. The summed E-state index contributed by atoms with van der Waals surface area (Å²) in [6, 6.07) is 6.40. The summed E-state index contributed by atoms with van der Waals surface area (Å²) in [5, 5.41) is 0. The molecule has 1 aromatic carbocycles. The van der Waals surface area contributed by atoms with Crippen molar-refractivity contribution in [1.82, 2.24) is 4.90 Å². The van der Waals surface area contributed by atoms with E-state index in [2.05, 4.69) is 18.1 Å². The summed E-state index contributed by atoms with van der Waals surface area (Å²) in [7, 11) is 2.03. The van der Waals surface area contributed by atoms with Crippen LogP contribution in [-0.4, -0.2) is 25.0 Å². The zero-order valence-electron chi connectivity index (χ0n) is 10.1. The number of hydrogen-bond acceptors (Lipinski definition) is 1. The Morgan fingerprint density at radius 1 is 1.12 bits per heavy atom. The molecular formula is C14H20FN. The van der Waals surface area contributed by atoms with Gasteiger partial charge in [-0.15, -0.1) is 13.2 Å². The number of hydrogen-bond donors (Lipinski definition) is 0. The molecule has 0 atom stereocenters. The van der Waals surface area contributed by atoms with Gasteiger partial charge in [0.2, 0.25) is 0 Å². The fraction of sp³-hybridized carbons (Fsp3) is 0.286. The minimum atomic E-state index is -0.171. The van der Waals surface area contributed by atoms with Crippen molar-refractivity contribution in [2.45, 2.75) is 6.92 Å². The van der Waals surface area contributed by atoms with Crippen molar-refractivity contribution < 1.29 is 4.39 Å². The molecule has 1 aromatic rings. The summed E-state index contributed by atoms with van der Waals surface area (Å²) in [4.78, 5) is 2.12. The van der Waals surface area contributed by atoms with Crippen LogP contribution >= 0.6 is 0 Å². The van der Waals surface area contributed by atoms with E-state index in [4.69, 9.17) is 0 Å². The largest absolute Gasteiger partial charge is 0.299 e. The highest BCUT2D eigenvalue weighted by atomic mass is 19.1. The lowest BCUT2D eigenvalue weighted by Crippen LogP contribution is -2.17. The normalized spacial score (nSPS) is 9.25. The molecule has 0 N–H and O–H groups in total. The van der Waals surface area contributed by atoms with Gasteiger partial charge in [0.1, 0.15) is 5.82 Å². The lowest BCUT2D eigenvalue weighted by atomic mass is 10.2. The van der Waals surface area contributed by atoms with Crippen LogP contribution in [0.2, 0.25) is 0 Å². The topological polar surface area (TPSA) is 3.24 Å². The van der Waals surface area contributed by atoms with E-state index in [1.165, 1.54) is 12.1 Å². The number of halogens is 1. The summed E-state index contributed by atoms with van der Waals surface area (Å²) in [6.07, 6.45) is 3.76. The first-order chi connectivity index (χ1) is 7.60. The van der Waals surface area contributed by atoms with Crippen molar-refractivity contribution in [3.63, 3.8) is 0 Å². The van der Waals surface area contributed by atoms with Gasteiger partial charge in [-0.2, -0.15) is 0 Å². The van der Waals surface area contributed by atoms with Gasteiger partial charge in [-0.05, 0) is 26.1 Å². The molecule has 16 heavy (non-hydrogen) atoms. The number of nitrogens with zero attached hydrogens (tertiary/aromatic N) is 1. The molecule has 0 heterocycles. The Hall–Kier alpha value is -1.41. The van der Waals surface area contributed by atoms with E-state index in [-0.39, 0.29) is 5.82 Å². The summed E-state index contributed by atoms with van der Waals surface area (Å²) < 4.78 is 12.1. The molecule has 88 valence electrons. The number of aryl methyl sites for hydroxylation is 1. The van der Waals surface area contributed by atoms with Gasteiger partial charge in [0.05, 0.1) is 0 Å². The molecule has 0 aromatic heterocycles. The third-order valence-electron chi connectivity index (χ3n) is 1.89. The lowest BCUT2D eigenvalue weighted by Gasteiger charge is -2.09. The number of likely N-dealkylation sites (N-methyl/N-ethyl adjacent to an activating group) is 1. The van der Waals surface area contributed by atoms with Crippen LogP contribution in [0, 0.1) is 12.7 Å². The zero-order valence-corrected chi connectivity index (χ0v) is 10.1. The standard InChI is InChI=1S/C7H7F.C7H13N/c1-6-2-4-7(8)5-3-6;1-4-6-8(3)7-5-2/h2-5H,1H3;4-5H,1-2,6-7H2,3H3. The highest BCUT2D eigenvalue weighted by Gasteiger charge is 1.86. The second kappa shape index (κ2) is 8.86. The van der Waals surface area contributed by atoms with Gasteiger partial charge < -0.3 is 0 Å². The first kappa shape index (κ1) is 14.6. The molecule has 0 saturated carbocycles. The average molecular weight is 221 g/mol. The van der Waals surface area contributed by atoms with E-state index < -0.39 is 0 Å². The smallest absolute Gasteiger partial charge is 0.123 e. The van der Waals surface area contributed by atoms with Crippen LogP contribution in [0.4, 0.5) is 4.39 Å². The van der Waals surface area contributed by atoms with Crippen LogP contribution in [-0.2, 0) is 0 Å². The first-order valence-electron chi connectivity index (χ1n) is 5.22. The quantitative estimate of drug-likeness (QED) is 0.704. The van der Waals surface area contributed by atoms with E-state index in [0.29, 0.717) is 0 Å². The van der Waals surface area contributed by atoms with Crippen LogP contribution in [0.15, 0.2) is 49.6 Å². The van der Waals surface area contributed by atoms with Gasteiger partial charge >= 0.3 is 0 Å². The van der Waals surface area contributed by atoms with Crippen molar-refractivity contribution in [1.29, 1.82) is 0 Å². The molecule has 0 aliphatic heterocycles. The van der Waals surface area contributed by atoms with Gasteiger partial charge in [-0.25, -0.2) is 4.39 Å².